The number of benzene rings is 2. The Kier molecular flexibility index (Phi) is 8.02. The van der Waals surface area contributed by atoms with Gasteiger partial charge in [-0.2, -0.15) is 4.31 Å². The lowest BCUT2D eigenvalue weighted by molar-refractivity contribution is -0.385. The highest BCUT2D eigenvalue weighted by Crippen LogP contribution is 2.29. The number of nitro benzene ring substituents is 1. The first-order valence-electron chi connectivity index (χ1n) is 10.4. The van der Waals surface area contributed by atoms with E-state index in [1.54, 1.807) is 19.1 Å². The fraction of sp³-hybridized carbons (Fsp3) is 0.333. The first-order chi connectivity index (χ1) is 16.1. The number of amides is 1. The number of hydrogen-bond donors (Lipinski definition) is 2. The average molecular weight is 508 g/mol. The predicted molar refractivity (Wildman–Crippen MR) is 133 cm³/mol. The van der Waals surface area contributed by atoms with Crippen molar-refractivity contribution in [3.05, 3.63) is 58.1 Å². The number of nitro groups is 1. The second-order valence-corrected chi connectivity index (χ2v) is 9.84. The van der Waals surface area contributed by atoms with Gasteiger partial charge in [0.1, 0.15) is 0 Å². The lowest BCUT2D eigenvalue weighted by Crippen LogP contribution is -2.48. The summed E-state index contributed by atoms with van der Waals surface area (Å²) in [6.45, 7) is 3.69. The van der Waals surface area contributed by atoms with Gasteiger partial charge in [-0.15, -0.1) is 0 Å². The van der Waals surface area contributed by atoms with Gasteiger partial charge in [-0.25, -0.2) is 8.42 Å². The summed E-state index contributed by atoms with van der Waals surface area (Å²) in [4.78, 5) is 25.4. The monoisotopic (exact) mass is 507 g/mol. The highest BCUT2D eigenvalue weighted by Gasteiger charge is 2.25. The maximum atomic E-state index is 12.6. The molecule has 2 aromatic rings. The number of thiocarbonyl (C=S) groups is 1. The second kappa shape index (κ2) is 10.8. The van der Waals surface area contributed by atoms with Crippen molar-refractivity contribution in [2.45, 2.75) is 6.92 Å². The van der Waals surface area contributed by atoms with E-state index in [0.29, 0.717) is 31.9 Å². The van der Waals surface area contributed by atoms with Crippen molar-refractivity contribution in [3.8, 4) is 5.75 Å². The van der Waals surface area contributed by atoms with Crippen LogP contribution in [0, 0.1) is 10.1 Å². The van der Waals surface area contributed by atoms with Crippen LogP contribution in [-0.2, 0) is 10.0 Å². The van der Waals surface area contributed by atoms with Crippen LogP contribution in [0.3, 0.4) is 0 Å². The van der Waals surface area contributed by atoms with Crippen LogP contribution in [0.25, 0.3) is 0 Å². The zero-order chi connectivity index (χ0) is 24.9. The minimum absolute atomic E-state index is 0.0174. The molecule has 0 aromatic heterocycles. The Balaban J connectivity index is 1.69. The number of ether oxygens (including phenoxy) is 1. The highest BCUT2D eigenvalue weighted by molar-refractivity contribution is 7.88. The Hall–Kier alpha value is -3.29. The van der Waals surface area contributed by atoms with E-state index in [1.807, 2.05) is 17.0 Å². The molecule has 0 unspecified atom stereocenters. The molecule has 0 radical (unpaired) electrons. The van der Waals surface area contributed by atoms with Gasteiger partial charge >= 0.3 is 5.69 Å². The van der Waals surface area contributed by atoms with E-state index in [2.05, 4.69) is 10.6 Å². The molecule has 1 saturated heterocycles. The van der Waals surface area contributed by atoms with E-state index in [0.717, 1.165) is 11.8 Å². The normalized spacial score (nSPS) is 14.4. The second-order valence-electron chi connectivity index (χ2n) is 7.45. The quantitative estimate of drug-likeness (QED) is 0.329. The summed E-state index contributed by atoms with van der Waals surface area (Å²) in [5.41, 5.74) is 1.19. The first kappa shape index (κ1) is 25.3. The van der Waals surface area contributed by atoms with E-state index in [4.69, 9.17) is 17.0 Å². The van der Waals surface area contributed by atoms with Gasteiger partial charge in [0.15, 0.2) is 10.9 Å². The number of rotatable bonds is 7. The van der Waals surface area contributed by atoms with E-state index >= 15 is 0 Å². The number of sulfonamides is 1. The minimum atomic E-state index is -3.24. The van der Waals surface area contributed by atoms with Gasteiger partial charge in [0.25, 0.3) is 5.91 Å². The van der Waals surface area contributed by atoms with Crippen molar-refractivity contribution >= 4 is 50.3 Å². The molecular formula is C21H25N5O6S2. The van der Waals surface area contributed by atoms with Gasteiger partial charge in [0.05, 0.1) is 29.2 Å². The number of nitrogens with one attached hydrogen (secondary N) is 2. The Morgan fingerprint density at radius 2 is 1.85 bits per heavy atom. The SMILES string of the molecule is CCOc1ccc(C(=O)NC(=S)Nc2ccccc2N2CCN(S(C)(=O)=O)CC2)cc1[N+](=O)[O-]. The van der Waals surface area contributed by atoms with Crippen molar-refractivity contribution in [3.63, 3.8) is 0 Å². The number of carbonyl (C=O) groups excluding carboxylic acids is 1. The standard InChI is InChI=1S/C21H25N5O6S2/c1-3-32-19-9-8-15(14-18(19)26(28)29)20(27)23-21(33)22-16-6-4-5-7-17(16)24-10-12-25(13-11-24)34(2,30)31/h4-9,14H,3,10-13H2,1-2H3,(H2,22,23,27,33). The Labute approximate surface area is 202 Å². The summed E-state index contributed by atoms with van der Waals surface area (Å²) in [5.74, 6) is -0.530. The first-order valence-corrected chi connectivity index (χ1v) is 12.7. The number of para-hydroxylation sites is 2. The molecule has 1 aliphatic heterocycles. The minimum Gasteiger partial charge on any atom is -0.487 e. The van der Waals surface area contributed by atoms with Crippen LogP contribution >= 0.6 is 12.2 Å². The molecule has 1 amide bonds. The van der Waals surface area contributed by atoms with Crippen molar-refractivity contribution < 1.29 is 22.9 Å². The fourth-order valence-corrected chi connectivity index (χ4v) is 4.55. The molecule has 0 aliphatic carbocycles. The van der Waals surface area contributed by atoms with E-state index < -0.39 is 20.9 Å². The molecule has 0 saturated carbocycles. The fourth-order valence-electron chi connectivity index (χ4n) is 3.52. The summed E-state index contributed by atoms with van der Waals surface area (Å²) in [6.07, 6.45) is 1.19. The Morgan fingerprint density at radius 3 is 2.47 bits per heavy atom. The summed E-state index contributed by atoms with van der Waals surface area (Å²) in [5, 5.41) is 16.8. The molecule has 3 rings (SSSR count). The highest BCUT2D eigenvalue weighted by atomic mass is 32.2. The average Bonchev–Trinajstić information content (AvgIpc) is 2.79. The van der Waals surface area contributed by atoms with Crippen molar-refractivity contribution in [2.24, 2.45) is 0 Å². The van der Waals surface area contributed by atoms with Crippen LogP contribution in [0.4, 0.5) is 17.1 Å². The van der Waals surface area contributed by atoms with Gasteiger partial charge in [-0.1, -0.05) is 12.1 Å². The number of nitrogens with zero attached hydrogens (tertiary/aromatic N) is 3. The van der Waals surface area contributed by atoms with Crippen LogP contribution in [0.15, 0.2) is 42.5 Å². The molecule has 182 valence electrons. The van der Waals surface area contributed by atoms with Gasteiger partial charge in [-0.3, -0.25) is 20.2 Å². The van der Waals surface area contributed by atoms with E-state index in [1.165, 1.54) is 22.7 Å². The zero-order valence-electron chi connectivity index (χ0n) is 18.7. The predicted octanol–water partition coefficient (Wildman–Crippen LogP) is 2.20. The Bertz CT molecular complexity index is 1200. The number of anilines is 2. The molecule has 0 atom stereocenters. The van der Waals surface area contributed by atoms with Crippen molar-refractivity contribution in [1.29, 1.82) is 0 Å². The number of piperazine rings is 1. The van der Waals surface area contributed by atoms with Crippen LogP contribution < -0.4 is 20.3 Å². The van der Waals surface area contributed by atoms with Crippen LogP contribution in [0.5, 0.6) is 5.75 Å². The maximum absolute atomic E-state index is 12.6. The maximum Gasteiger partial charge on any atom is 0.311 e. The molecule has 0 spiro atoms. The molecule has 13 heteroatoms. The molecule has 1 aliphatic rings. The van der Waals surface area contributed by atoms with Crippen LogP contribution in [0.1, 0.15) is 17.3 Å². The van der Waals surface area contributed by atoms with E-state index in [9.17, 15) is 23.3 Å². The van der Waals surface area contributed by atoms with Crippen molar-refractivity contribution in [2.75, 3.05) is 49.3 Å². The third kappa shape index (κ3) is 6.18. The van der Waals surface area contributed by atoms with Crippen LogP contribution in [-0.4, -0.2) is 67.7 Å². The molecule has 2 N–H and O–H groups in total. The molecule has 0 bridgehead atoms. The number of hydrogen-bond acceptors (Lipinski definition) is 8. The Morgan fingerprint density at radius 1 is 1.18 bits per heavy atom. The van der Waals surface area contributed by atoms with Gasteiger partial charge in [-0.05, 0) is 43.4 Å². The van der Waals surface area contributed by atoms with Gasteiger partial charge < -0.3 is 15.0 Å². The molecule has 1 heterocycles. The summed E-state index contributed by atoms with van der Waals surface area (Å²) < 4.78 is 30.2. The van der Waals surface area contributed by atoms with E-state index in [-0.39, 0.29) is 28.7 Å². The lowest BCUT2D eigenvalue weighted by Gasteiger charge is -2.35. The molecule has 1 fully saturated rings. The summed E-state index contributed by atoms with van der Waals surface area (Å²) in [7, 11) is -3.24. The smallest absolute Gasteiger partial charge is 0.311 e. The number of carbonyl (C=O) groups is 1. The lowest BCUT2D eigenvalue weighted by atomic mass is 10.1. The molecular weight excluding hydrogens is 482 g/mol. The van der Waals surface area contributed by atoms with Crippen LogP contribution in [0.2, 0.25) is 0 Å². The third-order valence-corrected chi connectivity index (χ3v) is 6.65. The molecule has 34 heavy (non-hydrogen) atoms. The summed E-state index contributed by atoms with van der Waals surface area (Å²) in [6, 6.07) is 11.3. The summed E-state index contributed by atoms with van der Waals surface area (Å²) >= 11 is 5.28. The largest absolute Gasteiger partial charge is 0.487 e. The molecule has 11 nitrogen and oxygen atoms in total. The van der Waals surface area contributed by atoms with Gasteiger partial charge in [0, 0.05) is 37.8 Å². The molecule has 2 aromatic carbocycles. The van der Waals surface area contributed by atoms with Gasteiger partial charge in [0.2, 0.25) is 10.0 Å². The topological polar surface area (TPSA) is 134 Å². The zero-order valence-corrected chi connectivity index (χ0v) is 20.3. The van der Waals surface area contributed by atoms with Crippen molar-refractivity contribution in [1.82, 2.24) is 9.62 Å². The third-order valence-electron chi connectivity index (χ3n) is 5.15.